The number of aliphatic carboxylic acids is 1. The highest BCUT2D eigenvalue weighted by atomic mass is 32.2. The lowest BCUT2D eigenvalue weighted by molar-refractivity contribution is -0.144. The van der Waals surface area contributed by atoms with Crippen LogP contribution in [-0.4, -0.2) is 38.3 Å². The lowest BCUT2D eigenvalue weighted by Gasteiger charge is -2.15. The van der Waals surface area contributed by atoms with E-state index in [1.165, 1.54) is 19.1 Å². The van der Waals surface area contributed by atoms with Crippen molar-refractivity contribution in [2.75, 3.05) is 0 Å². The molecule has 1 aliphatic heterocycles. The van der Waals surface area contributed by atoms with Crippen LogP contribution in [0.2, 0.25) is 0 Å². The molecular weight excluding hydrogens is 431 g/mol. The number of thiocarbonyl (C=S) groups is 1. The van der Waals surface area contributed by atoms with Crippen LogP contribution in [0.15, 0.2) is 53.4 Å². The Kier molecular flexibility index (Phi) is 6.48. The molecule has 1 aliphatic rings. The molecule has 2 N–H and O–H groups in total. The number of carbonyl (C=O) groups is 3. The number of thioether (sulfide) groups is 1. The van der Waals surface area contributed by atoms with E-state index in [1.54, 1.807) is 30.3 Å². The van der Waals surface area contributed by atoms with Crippen LogP contribution in [0.1, 0.15) is 22.8 Å². The molecule has 2 aromatic rings. The largest absolute Gasteiger partial charge is 0.479 e. The third-order valence-electron chi connectivity index (χ3n) is 3.93. The standard InChI is InChI=1S/C20H15FN2O5S2/c1-11(19(26)27)28-15-4-2-3-12(9-15)10-16-18(25)23(20(29)30-16)22-17(24)13-5-7-14(21)8-6-13/h2-11H,1H3,(H,22,24)(H,26,27)/b16-10+. The summed E-state index contributed by atoms with van der Waals surface area (Å²) in [5.41, 5.74) is 3.18. The van der Waals surface area contributed by atoms with Gasteiger partial charge in [-0.2, -0.15) is 5.01 Å². The number of amides is 2. The van der Waals surface area contributed by atoms with Gasteiger partial charge in [-0.1, -0.05) is 23.9 Å². The summed E-state index contributed by atoms with van der Waals surface area (Å²) in [6.45, 7) is 1.41. The average molecular weight is 446 g/mol. The topological polar surface area (TPSA) is 95.9 Å². The fourth-order valence-corrected chi connectivity index (χ4v) is 3.59. The molecule has 1 heterocycles. The van der Waals surface area contributed by atoms with Gasteiger partial charge in [0.2, 0.25) is 0 Å². The van der Waals surface area contributed by atoms with Crippen LogP contribution in [0.25, 0.3) is 6.08 Å². The van der Waals surface area contributed by atoms with Crippen molar-refractivity contribution in [3.05, 3.63) is 70.4 Å². The van der Waals surface area contributed by atoms with Gasteiger partial charge < -0.3 is 9.84 Å². The molecule has 0 spiro atoms. The SMILES string of the molecule is CC(Oc1cccc(/C=C2/SC(=S)N(NC(=O)c3ccc(F)cc3)C2=O)c1)C(=O)O. The van der Waals surface area contributed by atoms with Crippen LogP contribution in [0, 0.1) is 5.82 Å². The van der Waals surface area contributed by atoms with Crippen LogP contribution in [0.4, 0.5) is 4.39 Å². The highest BCUT2D eigenvalue weighted by Gasteiger charge is 2.33. The summed E-state index contributed by atoms with van der Waals surface area (Å²) < 4.78 is 18.5. The number of carbonyl (C=O) groups excluding carboxylic acids is 2. The summed E-state index contributed by atoms with van der Waals surface area (Å²) in [4.78, 5) is 36.1. The summed E-state index contributed by atoms with van der Waals surface area (Å²) in [6.07, 6.45) is 0.530. The molecule has 1 atom stereocenters. The van der Waals surface area contributed by atoms with Crippen LogP contribution in [0.5, 0.6) is 5.75 Å². The van der Waals surface area contributed by atoms with Gasteiger partial charge in [0.05, 0.1) is 4.91 Å². The van der Waals surface area contributed by atoms with E-state index in [4.69, 9.17) is 22.1 Å². The molecule has 2 aromatic carbocycles. The van der Waals surface area contributed by atoms with Crippen molar-refractivity contribution in [2.45, 2.75) is 13.0 Å². The van der Waals surface area contributed by atoms with Gasteiger partial charge in [0.25, 0.3) is 11.8 Å². The minimum atomic E-state index is -1.10. The van der Waals surface area contributed by atoms with Crippen molar-refractivity contribution in [1.82, 2.24) is 10.4 Å². The average Bonchev–Trinajstić information content (AvgIpc) is 2.96. The molecule has 1 fully saturated rings. The van der Waals surface area contributed by atoms with Crippen LogP contribution < -0.4 is 10.2 Å². The molecule has 0 bridgehead atoms. The molecule has 0 saturated carbocycles. The first-order chi connectivity index (χ1) is 14.2. The van der Waals surface area contributed by atoms with E-state index in [0.717, 1.165) is 28.9 Å². The molecule has 2 amide bonds. The third kappa shape index (κ3) is 5.02. The number of nitrogens with one attached hydrogen (secondary N) is 1. The van der Waals surface area contributed by atoms with Crippen molar-refractivity contribution < 1.29 is 28.6 Å². The fourth-order valence-electron chi connectivity index (χ4n) is 2.41. The van der Waals surface area contributed by atoms with Crippen molar-refractivity contribution in [1.29, 1.82) is 0 Å². The van der Waals surface area contributed by atoms with Crippen LogP contribution >= 0.6 is 24.0 Å². The monoisotopic (exact) mass is 446 g/mol. The number of carboxylic acid groups (broad SMARTS) is 1. The first kappa shape index (κ1) is 21.5. The lowest BCUT2D eigenvalue weighted by Crippen LogP contribution is -2.44. The zero-order valence-electron chi connectivity index (χ0n) is 15.5. The van der Waals surface area contributed by atoms with Gasteiger partial charge in [-0.15, -0.1) is 0 Å². The first-order valence-electron chi connectivity index (χ1n) is 8.58. The van der Waals surface area contributed by atoms with Crippen molar-refractivity contribution in [3.8, 4) is 5.75 Å². The van der Waals surface area contributed by atoms with E-state index in [9.17, 15) is 18.8 Å². The Morgan fingerprint density at radius 3 is 2.63 bits per heavy atom. The van der Waals surface area contributed by atoms with Gasteiger partial charge in [0.1, 0.15) is 11.6 Å². The second-order valence-corrected chi connectivity index (χ2v) is 7.81. The number of rotatable bonds is 6. The molecule has 0 radical (unpaired) electrons. The summed E-state index contributed by atoms with van der Waals surface area (Å²) in [6, 6.07) is 11.4. The van der Waals surface area contributed by atoms with Gasteiger partial charge >= 0.3 is 5.97 Å². The van der Waals surface area contributed by atoms with E-state index < -0.39 is 29.7 Å². The van der Waals surface area contributed by atoms with Crippen LogP contribution in [0.3, 0.4) is 0 Å². The number of carboxylic acids is 1. The van der Waals surface area contributed by atoms with E-state index in [1.807, 2.05) is 0 Å². The molecule has 154 valence electrons. The van der Waals surface area contributed by atoms with Crippen LogP contribution in [-0.2, 0) is 9.59 Å². The molecule has 3 rings (SSSR count). The maximum atomic E-state index is 13.0. The highest BCUT2D eigenvalue weighted by Crippen LogP contribution is 2.32. The molecule has 1 unspecified atom stereocenters. The number of benzene rings is 2. The van der Waals surface area contributed by atoms with Gasteiger partial charge in [-0.25, -0.2) is 9.18 Å². The second kappa shape index (κ2) is 9.06. The lowest BCUT2D eigenvalue weighted by atomic mass is 10.2. The van der Waals surface area contributed by atoms with Gasteiger partial charge in [-0.3, -0.25) is 15.0 Å². The summed E-state index contributed by atoms with van der Waals surface area (Å²) in [5, 5.41) is 9.89. The second-order valence-electron chi connectivity index (χ2n) is 6.14. The predicted molar refractivity (Wildman–Crippen MR) is 113 cm³/mol. The molecular formula is C20H15FN2O5S2. The minimum absolute atomic E-state index is 0.133. The van der Waals surface area contributed by atoms with E-state index in [0.29, 0.717) is 11.3 Å². The fraction of sp³-hybridized carbons (Fsp3) is 0.100. The number of hydrogen-bond donors (Lipinski definition) is 2. The maximum absolute atomic E-state index is 13.0. The maximum Gasteiger partial charge on any atom is 0.344 e. The Bertz CT molecular complexity index is 1060. The smallest absolute Gasteiger partial charge is 0.344 e. The highest BCUT2D eigenvalue weighted by molar-refractivity contribution is 8.26. The van der Waals surface area contributed by atoms with Gasteiger partial charge in [-0.05, 0) is 67.2 Å². The Labute approximate surface area is 180 Å². The molecule has 0 aromatic heterocycles. The number of ether oxygens (including phenoxy) is 1. The Balaban J connectivity index is 1.74. The Morgan fingerprint density at radius 2 is 1.97 bits per heavy atom. The molecule has 30 heavy (non-hydrogen) atoms. The normalized spacial score (nSPS) is 15.9. The molecule has 10 heteroatoms. The summed E-state index contributed by atoms with van der Waals surface area (Å²) >= 11 is 6.17. The van der Waals surface area contributed by atoms with Crippen molar-refractivity contribution in [3.63, 3.8) is 0 Å². The van der Waals surface area contributed by atoms with E-state index >= 15 is 0 Å². The first-order valence-corrected chi connectivity index (χ1v) is 9.81. The number of nitrogens with zero attached hydrogens (tertiary/aromatic N) is 1. The Morgan fingerprint density at radius 1 is 1.27 bits per heavy atom. The zero-order chi connectivity index (χ0) is 21.8. The number of hydrazine groups is 1. The van der Waals surface area contributed by atoms with E-state index in [-0.39, 0.29) is 14.8 Å². The number of hydrogen-bond acceptors (Lipinski definition) is 6. The third-order valence-corrected chi connectivity index (χ3v) is 5.23. The summed E-state index contributed by atoms with van der Waals surface area (Å²) in [7, 11) is 0. The number of halogens is 1. The molecule has 1 saturated heterocycles. The minimum Gasteiger partial charge on any atom is -0.479 e. The predicted octanol–water partition coefficient (Wildman–Crippen LogP) is 3.22. The van der Waals surface area contributed by atoms with E-state index in [2.05, 4.69) is 5.43 Å². The quantitative estimate of drug-likeness (QED) is 0.520. The van der Waals surface area contributed by atoms with Crippen molar-refractivity contribution >= 4 is 52.2 Å². The molecule has 0 aliphatic carbocycles. The molecule has 7 nitrogen and oxygen atoms in total. The Hall–Kier alpha value is -3.24. The van der Waals surface area contributed by atoms with Crippen molar-refractivity contribution in [2.24, 2.45) is 0 Å². The zero-order valence-corrected chi connectivity index (χ0v) is 17.1. The summed E-state index contributed by atoms with van der Waals surface area (Å²) in [5.74, 6) is -2.38. The van der Waals surface area contributed by atoms with Gasteiger partial charge in [0, 0.05) is 5.56 Å². The van der Waals surface area contributed by atoms with Gasteiger partial charge in [0.15, 0.2) is 10.4 Å².